The van der Waals surface area contributed by atoms with Gasteiger partial charge in [-0.15, -0.1) is 0 Å². The lowest BCUT2D eigenvalue weighted by atomic mass is 9.85. The standard InChI is InChI=1S/C32H48N4O8/c1-18-14-22-27(34-12-13-36(5)6)24(37)17-23(29(22)39)35-31(40)19(2)10-9-11-25(42-7)30(44-32(33)41)21(4)16-20(3)28(38)26(15-18)43-8/h9-11,16-18,20,25-26,28,30,34,38H,12-15H2,1-8H3,(H2,33,41)(H,35,40)/t18-,20+,25+,26+,28+,30+/m1/s1. The third-order valence-electron chi connectivity index (χ3n) is 7.65. The maximum atomic E-state index is 13.7. The van der Waals surface area contributed by atoms with Crippen LogP contribution in [0.3, 0.4) is 0 Å². The van der Waals surface area contributed by atoms with Crippen LogP contribution in [0.1, 0.15) is 40.5 Å². The number of hydrogen-bond acceptors (Lipinski definition) is 10. The number of allylic oxidation sites excluding steroid dienone is 4. The Labute approximate surface area is 260 Å². The van der Waals surface area contributed by atoms with Crippen molar-refractivity contribution in [3.8, 4) is 0 Å². The Morgan fingerprint density at radius 3 is 2.43 bits per heavy atom. The van der Waals surface area contributed by atoms with Gasteiger partial charge in [0.05, 0.1) is 23.6 Å². The second kappa shape index (κ2) is 17.0. The number of amides is 2. The summed E-state index contributed by atoms with van der Waals surface area (Å²) in [6, 6.07) is 0. The highest BCUT2D eigenvalue weighted by Crippen LogP contribution is 2.28. The van der Waals surface area contributed by atoms with E-state index >= 15 is 0 Å². The zero-order chi connectivity index (χ0) is 33.1. The molecular weight excluding hydrogens is 568 g/mol. The molecule has 12 nitrogen and oxygen atoms in total. The number of carbonyl (C=O) groups is 4. The van der Waals surface area contributed by atoms with Crippen molar-refractivity contribution in [3.63, 3.8) is 0 Å². The molecule has 6 atom stereocenters. The summed E-state index contributed by atoms with van der Waals surface area (Å²) < 4.78 is 16.6. The largest absolute Gasteiger partial charge is 0.439 e. The van der Waals surface area contributed by atoms with Crippen LogP contribution in [-0.4, -0.2) is 99.4 Å². The number of fused-ring (bicyclic) bond motifs is 2. The van der Waals surface area contributed by atoms with Gasteiger partial charge in [0.15, 0.2) is 6.10 Å². The highest BCUT2D eigenvalue weighted by Gasteiger charge is 2.33. The van der Waals surface area contributed by atoms with Crippen LogP contribution in [0, 0.1) is 11.8 Å². The number of methoxy groups -OCH3 is 2. The Balaban J connectivity index is 2.60. The van der Waals surface area contributed by atoms with Crippen LogP contribution < -0.4 is 16.4 Å². The number of nitrogens with one attached hydrogen (secondary N) is 2. The molecule has 5 N–H and O–H groups in total. The molecule has 44 heavy (non-hydrogen) atoms. The summed E-state index contributed by atoms with van der Waals surface area (Å²) >= 11 is 0. The van der Waals surface area contributed by atoms with Crippen LogP contribution in [0.5, 0.6) is 0 Å². The molecule has 1 aliphatic heterocycles. The van der Waals surface area contributed by atoms with E-state index in [-0.39, 0.29) is 34.9 Å². The molecule has 0 spiro atoms. The molecule has 0 aromatic rings. The summed E-state index contributed by atoms with van der Waals surface area (Å²) in [5.41, 5.74) is 6.55. The van der Waals surface area contributed by atoms with Gasteiger partial charge >= 0.3 is 6.09 Å². The quantitative estimate of drug-likeness (QED) is 0.245. The Kier molecular flexibility index (Phi) is 14.2. The average Bonchev–Trinajstić information content (AvgIpc) is 2.95. The van der Waals surface area contributed by atoms with E-state index in [1.165, 1.54) is 20.3 Å². The molecule has 1 heterocycles. The number of aliphatic hydroxyl groups is 1. The summed E-state index contributed by atoms with van der Waals surface area (Å²) in [5, 5.41) is 17.0. The fourth-order valence-electron chi connectivity index (χ4n) is 5.18. The minimum atomic E-state index is -0.997. The van der Waals surface area contributed by atoms with Crippen molar-refractivity contribution < 1.29 is 38.5 Å². The predicted molar refractivity (Wildman–Crippen MR) is 166 cm³/mol. The van der Waals surface area contributed by atoms with Gasteiger partial charge in [0.2, 0.25) is 11.6 Å². The van der Waals surface area contributed by atoms with Gasteiger partial charge in [-0.3, -0.25) is 14.4 Å². The topological polar surface area (TPSA) is 170 Å². The lowest BCUT2D eigenvalue weighted by Crippen LogP contribution is -2.38. The number of ketones is 2. The number of aliphatic hydroxyl groups excluding tert-OH is 1. The second-order valence-electron chi connectivity index (χ2n) is 11.7. The molecule has 2 bridgehead atoms. The zero-order valence-electron chi connectivity index (χ0n) is 27.0. The van der Waals surface area contributed by atoms with Gasteiger partial charge in [-0.25, -0.2) is 4.79 Å². The number of ether oxygens (including phenoxy) is 3. The van der Waals surface area contributed by atoms with Crippen LogP contribution >= 0.6 is 0 Å². The number of nitrogens with zero attached hydrogens (tertiary/aromatic N) is 1. The van der Waals surface area contributed by atoms with E-state index in [4.69, 9.17) is 19.9 Å². The number of primary amides is 1. The highest BCUT2D eigenvalue weighted by molar-refractivity contribution is 6.23. The third-order valence-corrected chi connectivity index (χ3v) is 7.65. The SMILES string of the molecule is CO[C@H]1C=CC=C(C)C(=O)NC2=CC(=O)C(NCCN(C)C)=C(C[C@@H](C)C[C@H](OC)[C@@H](O)[C@@H](C)C=C(C)[C@@H]1OC(N)=O)C2=O. The molecule has 0 aromatic heterocycles. The Bertz CT molecular complexity index is 1230. The maximum Gasteiger partial charge on any atom is 0.405 e. The molecule has 244 valence electrons. The number of Topliss-reactive ketones (excluding diaryl/α,β-unsaturated/α-hetero) is 1. The van der Waals surface area contributed by atoms with Crippen molar-refractivity contribution in [2.75, 3.05) is 41.4 Å². The molecule has 2 aliphatic rings. The van der Waals surface area contributed by atoms with E-state index < -0.39 is 53.9 Å². The third kappa shape index (κ3) is 10.3. The first-order valence-electron chi connectivity index (χ1n) is 14.7. The molecule has 2 amide bonds. The van der Waals surface area contributed by atoms with Crippen molar-refractivity contribution in [2.24, 2.45) is 17.6 Å². The van der Waals surface area contributed by atoms with Crippen LogP contribution in [0.15, 0.2) is 58.5 Å². The second-order valence-corrected chi connectivity index (χ2v) is 11.7. The van der Waals surface area contributed by atoms with Gasteiger partial charge in [0.25, 0.3) is 5.91 Å². The number of rotatable bonds is 7. The molecular formula is C32H48N4O8. The molecule has 2 rings (SSSR count). The smallest absolute Gasteiger partial charge is 0.405 e. The summed E-state index contributed by atoms with van der Waals surface area (Å²) in [6.45, 7) is 8.09. The average molecular weight is 617 g/mol. The predicted octanol–water partition coefficient (Wildman–Crippen LogP) is 1.91. The van der Waals surface area contributed by atoms with Gasteiger partial charge in [0.1, 0.15) is 6.10 Å². The maximum absolute atomic E-state index is 13.7. The van der Waals surface area contributed by atoms with E-state index in [9.17, 15) is 24.3 Å². The lowest BCUT2D eigenvalue weighted by Gasteiger charge is -2.30. The molecule has 0 saturated heterocycles. The van der Waals surface area contributed by atoms with Crippen LogP contribution in [0.4, 0.5) is 4.79 Å². The molecule has 0 radical (unpaired) electrons. The van der Waals surface area contributed by atoms with Crippen LogP contribution in [0.25, 0.3) is 0 Å². The van der Waals surface area contributed by atoms with Crippen molar-refractivity contribution in [1.82, 2.24) is 15.5 Å². The number of likely N-dealkylation sites (N-methyl/N-ethyl adjacent to an activating group) is 1. The van der Waals surface area contributed by atoms with Crippen molar-refractivity contribution >= 4 is 23.6 Å². The molecule has 0 saturated carbocycles. The summed E-state index contributed by atoms with van der Waals surface area (Å²) in [6.07, 6.45) is 3.88. The van der Waals surface area contributed by atoms with Crippen molar-refractivity contribution in [3.05, 3.63) is 58.5 Å². The summed E-state index contributed by atoms with van der Waals surface area (Å²) in [5.74, 6) is -2.06. The van der Waals surface area contributed by atoms with E-state index in [0.29, 0.717) is 25.1 Å². The Morgan fingerprint density at radius 2 is 1.84 bits per heavy atom. The van der Waals surface area contributed by atoms with Gasteiger partial charge in [0, 0.05) is 50.4 Å². The molecule has 0 aromatic carbocycles. The number of carbonyl (C=O) groups excluding carboxylic acids is 4. The first-order chi connectivity index (χ1) is 20.7. The molecule has 0 fully saturated rings. The van der Waals surface area contributed by atoms with Gasteiger partial charge in [-0.05, 0) is 52.3 Å². The Hall–Kier alpha value is -3.58. The number of hydrogen-bond donors (Lipinski definition) is 4. The monoisotopic (exact) mass is 616 g/mol. The molecule has 1 aliphatic carbocycles. The van der Waals surface area contributed by atoms with E-state index in [1.807, 2.05) is 32.8 Å². The molecule has 0 unspecified atom stereocenters. The lowest BCUT2D eigenvalue weighted by molar-refractivity contribution is -0.120. The number of nitrogens with two attached hydrogens (primary N) is 1. The van der Waals surface area contributed by atoms with E-state index in [1.54, 1.807) is 32.1 Å². The summed E-state index contributed by atoms with van der Waals surface area (Å²) in [7, 11) is 6.74. The fraction of sp³-hybridized carbons (Fsp3) is 0.562. The van der Waals surface area contributed by atoms with E-state index in [0.717, 1.165) is 6.08 Å². The van der Waals surface area contributed by atoms with Crippen molar-refractivity contribution in [1.29, 1.82) is 0 Å². The van der Waals surface area contributed by atoms with Crippen LogP contribution in [0.2, 0.25) is 0 Å². The first kappa shape index (κ1) is 36.6. The fourth-order valence-corrected chi connectivity index (χ4v) is 5.18. The van der Waals surface area contributed by atoms with Crippen molar-refractivity contribution in [2.45, 2.75) is 65.0 Å². The minimum absolute atomic E-state index is 0.114. The zero-order valence-corrected chi connectivity index (χ0v) is 27.0. The molecule has 12 heteroatoms. The van der Waals surface area contributed by atoms with Crippen LogP contribution in [-0.2, 0) is 28.6 Å². The highest BCUT2D eigenvalue weighted by atomic mass is 16.6. The van der Waals surface area contributed by atoms with E-state index in [2.05, 4.69) is 10.6 Å². The van der Waals surface area contributed by atoms with Gasteiger partial charge in [-0.1, -0.05) is 38.2 Å². The Morgan fingerprint density at radius 1 is 1.16 bits per heavy atom. The summed E-state index contributed by atoms with van der Waals surface area (Å²) in [4.78, 5) is 53.7. The van der Waals surface area contributed by atoms with Gasteiger partial charge in [-0.2, -0.15) is 0 Å². The minimum Gasteiger partial charge on any atom is -0.439 e. The normalized spacial score (nSPS) is 27.9. The van der Waals surface area contributed by atoms with Gasteiger partial charge < -0.3 is 40.6 Å². The first-order valence-corrected chi connectivity index (χ1v) is 14.7.